The molecule has 0 N–H and O–H groups in total. The van der Waals surface area contributed by atoms with E-state index in [0.717, 1.165) is 66.5 Å². The molecule has 9 rings (SSSR count). The van der Waals surface area contributed by atoms with Crippen LogP contribution in [0.2, 0.25) is 0 Å². The predicted molar refractivity (Wildman–Crippen MR) is 195 cm³/mol. The van der Waals surface area contributed by atoms with E-state index < -0.39 is 0 Å². The molecule has 4 heteroatoms. The van der Waals surface area contributed by atoms with Crippen molar-refractivity contribution in [1.29, 1.82) is 10.5 Å². The van der Waals surface area contributed by atoms with Crippen LogP contribution in [0.15, 0.2) is 158 Å². The summed E-state index contributed by atoms with van der Waals surface area (Å²) in [6, 6.07) is 58.7. The van der Waals surface area contributed by atoms with Crippen LogP contribution in [-0.2, 0) is 0 Å². The van der Waals surface area contributed by atoms with Gasteiger partial charge in [-0.2, -0.15) is 10.5 Å². The summed E-state index contributed by atoms with van der Waals surface area (Å²) in [6.07, 6.45) is 0. The molecule has 0 aliphatic rings. The van der Waals surface area contributed by atoms with E-state index in [0.29, 0.717) is 11.1 Å². The van der Waals surface area contributed by atoms with Crippen molar-refractivity contribution < 1.29 is 0 Å². The smallest absolute Gasteiger partial charge is 0.0998 e. The maximum absolute atomic E-state index is 10.5. The van der Waals surface area contributed by atoms with Crippen molar-refractivity contribution in [3.8, 4) is 45.8 Å². The molecule has 2 heterocycles. The van der Waals surface area contributed by atoms with E-state index in [1.54, 1.807) is 0 Å². The van der Waals surface area contributed by atoms with Crippen molar-refractivity contribution in [2.24, 2.45) is 0 Å². The predicted octanol–water partition coefficient (Wildman–Crippen LogP) is 11.0. The Kier molecular flexibility index (Phi) is 6.22. The number of rotatable bonds is 4. The Balaban J connectivity index is 1.34. The Bertz CT molecular complexity index is 2710. The van der Waals surface area contributed by atoms with E-state index in [2.05, 4.69) is 143 Å². The molecule has 0 amide bonds. The number of fused-ring (bicyclic) bond motifs is 6. The summed E-state index contributed by atoms with van der Waals surface area (Å²) in [5, 5.41) is 25.6. The SMILES string of the molecule is N#Cc1ccc(-n2c3ccccc3c3ccccc32)cc1-c1ccccc1-c1c(C#N)cccc1-n1c2ccccc2c2ccccc21. The molecule has 0 atom stereocenters. The van der Waals surface area contributed by atoms with Gasteiger partial charge in [0.05, 0.1) is 51.0 Å². The van der Waals surface area contributed by atoms with Gasteiger partial charge in [-0.1, -0.05) is 103 Å². The molecule has 0 unspecified atom stereocenters. The monoisotopic (exact) mass is 610 g/mol. The van der Waals surface area contributed by atoms with Crippen LogP contribution in [0.25, 0.3) is 77.2 Å². The molecule has 2 aromatic heterocycles. The van der Waals surface area contributed by atoms with E-state index in [1.165, 1.54) is 10.8 Å². The van der Waals surface area contributed by atoms with Crippen LogP contribution in [0.5, 0.6) is 0 Å². The molecule has 48 heavy (non-hydrogen) atoms. The van der Waals surface area contributed by atoms with Crippen molar-refractivity contribution in [1.82, 2.24) is 9.13 Å². The molecular formula is C44H26N4. The highest BCUT2D eigenvalue weighted by molar-refractivity contribution is 6.11. The fraction of sp³-hybridized carbons (Fsp3) is 0. The van der Waals surface area contributed by atoms with Gasteiger partial charge in [0, 0.05) is 38.4 Å². The first-order valence-electron chi connectivity index (χ1n) is 15.9. The second-order valence-electron chi connectivity index (χ2n) is 11.9. The van der Waals surface area contributed by atoms with Crippen LogP contribution < -0.4 is 0 Å². The van der Waals surface area contributed by atoms with E-state index in [-0.39, 0.29) is 0 Å². The second kappa shape index (κ2) is 10.9. The fourth-order valence-electron chi connectivity index (χ4n) is 7.41. The van der Waals surface area contributed by atoms with Gasteiger partial charge in [-0.3, -0.25) is 0 Å². The Hall–Kier alpha value is -6.88. The summed E-state index contributed by atoms with van der Waals surface area (Å²) in [5.74, 6) is 0. The summed E-state index contributed by atoms with van der Waals surface area (Å²) < 4.78 is 4.53. The van der Waals surface area contributed by atoms with E-state index in [4.69, 9.17) is 0 Å². The molecule has 0 fully saturated rings. The highest BCUT2D eigenvalue weighted by atomic mass is 15.0. The average molecular weight is 611 g/mol. The van der Waals surface area contributed by atoms with Gasteiger partial charge in [0.25, 0.3) is 0 Å². The highest BCUT2D eigenvalue weighted by Gasteiger charge is 2.22. The zero-order valence-corrected chi connectivity index (χ0v) is 25.8. The molecule has 0 bridgehead atoms. The lowest BCUT2D eigenvalue weighted by Crippen LogP contribution is -2.01. The van der Waals surface area contributed by atoms with Gasteiger partial charge in [-0.25, -0.2) is 0 Å². The number of hydrogen-bond donors (Lipinski definition) is 0. The Morgan fingerprint density at radius 2 is 0.854 bits per heavy atom. The first-order valence-corrected chi connectivity index (χ1v) is 15.9. The lowest BCUT2D eigenvalue weighted by Gasteiger charge is -2.19. The maximum atomic E-state index is 10.5. The Labute approximate surface area is 277 Å². The molecule has 0 saturated heterocycles. The molecule has 0 radical (unpaired) electrons. The molecule has 0 aliphatic heterocycles. The van der Waals surface area contributed by atoms with Gasteiger partial charge < -0.3 is 9.13 Å². The van der Waals surface area contributed by atoms with Crippen LogP contribution in [0, 0.1) is 22.7 Å². The van der Waals surface area contributed by atoms with Gasteiger partial charge in [0.1, 0.15) is 0 Å². The third-order valence-electron chi connectivity index (χ3n) is 9.43. The third-order valence-corrected chi connectivity index (χ3v) is 9.43. The lowest BCUT2D eigenvalue weighted by atomic mass is 9.89. The molecule has 0 spiro atoms. The van der Waals surface area contributed by atoms with Crippen LogP contribution >= 0.6 is 0 Å². The fourth-order valence-corrected chi connectivity index (χ4v) is 7.41. The normalized spacial score (nSPS) is 11.3. The van der Waals surface area contributed by atoms with Crippen LogP contribution in [0.4, 0.5) is 0 Å². The number of hydrogen-bond acceptors (Lipinski definition) is 2. The van der Waals surface area contributed by atoms with Crippen molar-refractivity contribution in [3.63, 3.8) is 0 Å². The number of nitriles is 2. The molecule has 0 saturated carbocycles. The number of benzene rings is 7. The van der Waals surface area contributed by atoms with Crippen LogP contribution in [-0.4, -0.2) is 9.13 Å². The standard InChI is InChI=1S/C44H26N4/c45-27-29-24-25-31(47-39-19-7-3-14-33(39)34-15-4-8-20-40(34)47)26-38(29)32-13-1-2-18-37(32)44-30(28-46)12-11-23-43(44)48-41-21-9-5-16-35(41)36-17-6-10-22-42(36)48/h1-26H. The minimum Gasteiger partial charge on any atom is -0.309 e. The maximum Gasteiger partial charge on any atom is 0.0998 e. The lowest BCUT2D eigenvalue weighted by molar-refractivity contribution is 1.18. The zero-order chi connectivity index (χ0) is 32.2. The topological polar surface area (TPSA) is 57.4 Å². The average Bonchev–Trinajstić information content (AvgIpc) is 3.67. The number of para-hydroxylation sites is 4. The molecule has 222 valence electrons. The summed E-state index contributed by atoms with van der Waals surface area (Å²) in [7, 11) is 0. The van der Waals surface area contributed by atoms with Gasteiger partial charge in [-0.15, -0.1) is 0 Å². The van der Waals surface area contributed by atoms with Crippen LogP contribution in [0.1, 0.15) is 11.1 Å². The highest BCUT2D eigenvalue weighted by Crippen LogP contribution is 2.42. The van der Waals surface area contributed by atoms with Crippen molar-refractivity contribution in [3.05, 3.63) is 169 Å². The largest absolute Gasteiger partial charge is 0.309 e. The second-order valence-corrected chi connectivity index (χ2v) is 11.9. The number of aromatic nitrogens is 2. The molecular weight excluding hydrogens is 585 g/mol. The van der Waals surface area contributed by atoms with Crippen molar-refractivity contribution in [2.75, 3.05) is 0 Å². The van der Waals surface area contributed by atoms with Gasteiger partial charge in [0.2, 0.25) is 0 Å². The zero-order valence-electron chi connectivity index (χ0n) is 25.8. The number of nitrogens with zero attached hydrogens (tertiary/aromatic N) is 4. The molecule has 9 aromatic rings. The summed E-state index contributed by atoms with van der Waals surface area (Å²) in [4.78, 5) is 0. The van der Waals surface area contributed by atoms with Gasteiger partial charge in [0.15, 0.2) is 0 Å². The minimum absolute atomic E-state index is 0.568. The first kappa shape index (κ1) is 27.4. The Morgan fingerprint density at radius 1 is 0.375 bits per heavy atom. The quantitative estimate of drug-likeness (QED) is 0.199. The summed E-state index contributed by atoms with van der Waals surface area (Å²) in [5.41, 5.74) is 10.8. The third kappa shape index (κ3) is 4.01. The minimum atomic E-state index is 0.568. The summed E-state index contributed by atoms with van der Waals surface area (Å²) in [6.45, 7) is 0. The van der Waals surface area contributed by atoms with Gasteiger partial charge in [-0.05, 0) is 65.7 Å². The first-order chi connectivity index (χ1) is 23.8. The molecule has 7 aromatic carbocycles. The molecule has 4 nitrogen and oxygen atoms in total. The Morgan fingerprint density at radius 3 is 1.40 bits per heavy atom. The van der Waals surface area contributed by atoms with Crippen molar-refractivity contribution >= 4 is 43.6 Å². The van der Waals surface area contributed by atoms with Crippen molar-refractivity contribution in [2.45, 2.75) is 0 Å². The van der Waals surface area contributed by atoms with Gasteiger partial charge >= 0.3 is 0 Å². The molecule has 0 aliphatic carbocycles. The van der Waals surface area contributed by atoms with E-state index in [9.17, 15) is 10.5 Å². The van der Waals surface area contributed by atoms with Crippen LogP contribution in [0.3, 0.4) is 0 Å². The summed E-state index contributed by atoms with van der Waals surface area (Å²) >= 11 is 0. The van der Waals surface area contributed by atoms with E-state index in [1.807, 2.05) is 36.4 Å². The van der Waals surface area contributed by atoms with E-state index >= 15 is 0 Å².